The summed E-state index contributed by atoms with van der Waals surface area (Å²) >= 11 is 0. The fraction of sp³-hybridized carbons (Fsp3) is 0.571. The smallest absolute Gasteiger partial charge is 0.124 e. The molecule has 1 aromatic rings. The zero-order chi connectivity index (χ0) is 10.8. The molecule has 2 nitrogen and oxygen atoms in total. The van der Waals surface area contributed by atoms with Gasteiger partial charge in [0.1, 0.15) is 5.75 Å². The molecule has 0 radical (unpaired) electrons. The molecule has 0 spiro atoms. The number of hydrogen-bond acceptors (Lipinski definition) is 2. The van der Waals surface area contributed by atoms with Crippen molar-refractivity contribution < 1.29 is 4.74 Å². The van der Waals surface area contributed by atoms with Crippen molar-refractivity contribution >= 4 is 0 Å². The molecule has 1 N–H and O–H groups in total. The summed E-state index contributed by atoms with van der Waals surface area (Å²) in [6.07, 6.45) is 6.78. The Balaban J connectivity index is 1.78. The third-order valence-corrected chi connectivity index (χ3v) is 3.70. The molecule has 1 aromatic carbocycles. The summed E-state index contributed by atoms with van der Waals surface area (Å²) in [7, 11) is 0. The molecule has 2 fully saturated rings. The molecule has 1 saturated heterocycles. The van der Waals surface area contributed by atoms with Gasteiger partial charge in [-0.25, -0.2) is 0 Å². The van der Waals surface area contributed by atoms with Crippen molar-refractivity contribution in [2.24, 2.45) is 0 Å². The zero-order valence-corrected chi connectivity index (χ0v) is 9.61. The van der Waals surface area contributed by atoms with E-state index in [-0.39, 0.29) is 0 Å². The maximum atomic E-state index is 6.05. The lowest BCUT2D eigenvalue weighted by molar-refractivity contribution is 0.118. The standard InChI is InChI=1S/C14H19NO/c1-2-9-14(16-11-5-3-6-11)12(7-1)13-8-4-10-15-13/h1-2,7,9,11,13,15H,3-6,8,10H2. The molecular formula is C14H19NO. The highest BCUT2D eigenvalue weighted by atomic mass is 16.5. The topological polar surface area (TPSA) is 21.3 Å². The molecule has 16 heavy (non-hydrogen) atoms. The van der Waals surface area contributed by atoms with Crippen molar-refractivity contribution in [2.45, 2.75) is 44.2 Å². The molecular weight excluding hydrogens is 198 g/mol. The Morgan fingerprint density at radius 1 is 1.06 bits per heavy atom. The molecule has 2 heteroatoms. The van der Waals surface area contributed by atoms with Gasteiger partial charge < -0.3 is 10.1 Å². The summed E-state index contributed by atoms with van der Waals surface area (Å²) in [5, 5.41) is 3.54. The van der Waals surface area contributed by atoms with Gasteiger partial charge in [-0.3, -0.25) is 0 Å². The largest absolute Gasteiger partial charge is 0.490 e. The van der Waals surface area contributed by atoms with Crippen molar-refractivity contribution in [3.05, 3.63) is 29.8 Å². The highest BCUT2D eigenvalue weighted by molar-refractivity contribution is 5.36. The number of benzene rings is 1. The molecule has 0 amide bonds. The summed E-state index contributed by atoms with van der Waals surface area (Å²) in [5.74, 6) is 1.10. The predicted molar refractivity (Wildman–Crippen MR) is 64.7 cm³/mol. The molecule has 1 saturated carbocycles. The average Bonchev–Trinajstić information content (AvgIpc) is 2.77. The number of nitrogens with one attached hydrogen (secondary N) is 1. The summed E-state index contributed by atoms with van der Waals surface area (Å²) < 4.78 is 6.05. The van der Waals surface area contributed by atoms with Crippen LogP contribution in [0.3, 0.4) is 0 Å². The second-order valence-corrected chi connectivity index (χ2v) is 4.86. The van der Waals surface area contributed by atoms with Crippen LogP contribution in [0.25, 0.3) is 0 Å². The SMILES string of the molecule is c1ccc(C2CCCN2)c(OC2CCC2)c1. The van der Waals surface area contributed by atoms with Gasteiger partial charge in [0, 0.05) is 11.6 Å². The predicted octanol–water partition coefficient (Wildman–Crippen LogP) is 3.04. The summed E-state index contributed by atoms with van der Waals surface area (Å²) in [6.45, 7) is 1.14. The van der Waals surface area contributed by atoms with Gasteiger partial charge in [-0.15, -0.1) is 0 Å². The first-order valence-corrected chi connectivity index (χ1v) is 6.42. The van der Waals surface area contributed by atoms with Gasteiger partial charge in [0.05, 0.1) is 6.10 Å². The van der Waals surface area contributed by atoms with Crippen LogP contribution in [0.4, 0.5) is 0 Å². The first-order valence-electron chi connectivity index (χ1n) is 6.42. The molecule has 0 aromatic heterocycles. The van der Waals surface area contributed by atoms with Crippen LogP contribution in [0.15, 0.2) is 24.3 Å². The van der Waals surface area contributed by atoms with Gasteiger partial charge in [0.25, 0.3) is 0 Å². The van der Waals surface area contributed by atoms with Crippen LogP contribution in [0.2, 0.25) is 0 Å². The first-order chi connectivity index (χ1) is 7.93. The van der Waals surface area contributed by atoms with Crippen LogP contribution >= 0.6 is 0 Å². The lowest BCUT2D eigenvalue weighted by Gasteiger charge is -2.28. The number of rotatable bonds is 3. The molecule has 3 rings (SSSR count). The van der Waals surface area contributed by atoms with Crippen molar-refractivity contribution in [3.63, 3.8) is 0 Å². The summed E-state index contributed by atoms with van der Waals surface area (Å²) in [5.41, 5.74) is 1.35. The van der Waals surface area contributed by atoms with Crippen LogP contribution in [0.5, 0.6) is 5.75 Å². The second-order valence-electron chi connectivity index (χ2n) is 4.86. The van der Waals surface area contributed by atoms with Gasteiger partial charge in [-0.2, -0.15) is 0 Å². The lowest BCUT2D eigenvalue weighted by atomic mass is 9.96. The maximum absolute atomic E-state index is 6.05. The molecule has 1 unspecified atom stereocenters. The minimum Gasteiger partial charge on any atom is -0.490 e. The first kappa shape index (κ1) is 10.2. The van der Waals surface area contributed by atoms with E-state index in [1.807, 2.05) is 0 Å². The molecule has 2 aliphatic rings. The third kappa shape index (κ3) is 1.94. The van der Waals surface area contributed by atoms with E-state index in [9.17, 15) is 0 Å². The van der Waals surface area contributed by atoms with Crippen LogP contribution in [-0.2, 0) is 0 Å². The molecule has 1 aliphatic heterocycles. The van der Waals surface area contributed by atoms with Crippen molar-refractivity contribution in [3.8, 4) is 5.75 Å². The van der Waals surface area contributed by atoms with Crippen molar-refractivity contribution in [1.29, 1.82) is 0 Å². The maximum Gasteiger partial charge on any atom is 0.124 e. The Kier molecular flexibility index (Phi) is 2.83. The Hall–Kier alpha value is -1.02. The van der Waals surface area contributed by atoms with E-state index in [1.54, 1.807) is 0 Å². The lowest BCUT2D eigenvalue weighted by Crippen LogP contribution is -2.25. The minimum absolute atomic E-state index is 0.475. The van der Waals surface area contributed by atoms with Gasteiger partial charge in [-0.05, 0) is 44.7 Å². The van der Waals surface area contributed by atoms with E-state index >= 15 is 0 Å². The fourth-order valence-electron chi connectivity index (χ4n) is 2.49. The van der Waals surface area contributed by atoms with Gasteiger partial charge in [-0.1, -0.05) is 18.2 Å². The van der Waals surface area contributed by atoms with Crippen molar-refractivity contribution in [2.75, 3.05) is 6.54 Å². The highest BCUT2D eigenvalue weighted by Crippen LogP contribution is 2.33. The van der Waals surface area contributed by atoms with E-state index < -0.39 is 0 Å². The second kappa shape index (κ2) is 4.46. The molecule has 1 atom stereocenters. The van der Waals surface area contributed by atoms with Gasteiger partial charge in [0.15, 0.2) is 0 Å². The van der Waals surface area contributed by atoms with Crippen LogP contribution in [-0.4, -0.2) is 12.6 Å². The molecule has 1 aliphatic carbocycles. The van der Waals surface area contributed by atoms with Gasteiger partial charge in [0.2, 0.25) is 0 Å². The Labute approximate surface area is 97.0 Å². The fourth-order valence-corrected chi connectivity index (χ4v) is 2.49. The van der Waals surface area contributed by atoms with E-state index in [4.69, 9.17) is 4.74 Å². The third-order valence-electron chi connectivity index (χ3n) is 3.70. The Bertz CT molecular complexity index is 354. The Morgan fingerprint density at radius 3 is 2.62 bits per heavy atom. The van der Waals surface area contributed by atoms with Crippen molar-refractivity contribution in [1.82, 2.24) is 5.32 Å². The van der Waals surface area contributed by atoms with Crippen LogP contribution in [0.1, 0.15) is 43.7 Å². The van der Waals surface area contributed by atoms with Gasteiger partial charge >= 0.3 is 0 Å². The zero-order valence-electron chi connectivity index (χ0n) is 9.61. The van der Waals surface area contributed by atoms with E-state index in [0.717, 1.165) is 12.3 Å². The van der Waals surface area contributed by atoms with E-state index in [2.05, 4.69) is 29.6 Å². The van der Waals surface area contributed by atoms with E-state index in [1.165, 1.54) is 37.7 Å². The molecule has 0 bridgehead atoms. The van der Waals surface area contributed by atoms with Crippen LogP contribution in [0, 0.1) is 0 Å². The normalized spacial score (nSPS) is 25.4. The Morgan fingerprint density at radius 2 is 1.94 bits per heavy atom. The monoisotopic (exact) mass is 217 g/mol. The van der Waals surface area contributed by atoms with E-state index in [0.29, 0.717) is 12.1 Å². The number of para-hydroxylation sites is 1. The summed E-state index contributed by atoms with van der Waals surface area (Å²) in [6, 6.07) is 9.02. The minimum atomic E-state index is 0.475. The highest BCUT2D eigenvalue weighted by Gasteiger charge is 2.23. The number of hydrogen-bond donors (Lipinski definition) is 1. The molecule has 86 valence electrons. The number of ether oxygens (including phenoxy) is 1. The molecule has 1 heterocycles. The average molecular weight is 217 g/mol. The summed E-state index contributed by atoms with van der Waals surface area (Å²) in [4.78, 5) is 0. The van der Waals surface area contributed by atoms with Crippen LogP contribution < -0.4 is 10.1 Å². The quantitative estimate of drug-likeness (QED) is 0.840.